The minimum atomic E-state index is -3.37. The Balaban J connectivity index is 1.67. The second-order valence-electron chi connectivity index (χ2n) is 6.35. The van der Waals surface area contributed by atoms with E-state index >= 15 is 0 Å². The van der Waals surface area contributed by atoms with Crippen molar-refractivity contribution in [2.75, 3.05) is 13.1 Å². The molecule has 0 unspecified atom stereocenters. The van der Waals surface area contributed by atoms with Crippen LogP contribution in [0.15, 0.2) is 41.8 Å². The van der Waals surface area contributed by atoms with Gasteiger partial charge in [-0.2, -0.15) is 4.31 Å². The van der Waals surface area contributed by atoms with Gasteiger partial charge in [-0.15, -0.1) is 0 Å². The van der Waals surface area contributed by atoms with Crippen molar-refractivity contribution < 1.29 is 8.42 Å². The fourth-order valence-electron chi connectivity index (χ4n) is 3.05. The highest BCUT2D eigenvalue weighted by atomic mass is 32.2. The molecule has 2 aromatic rings. The Morgan fingerprint density at radius 1 is 1.17 bits per heavy atom. The van der Waals surface area contributed by atoms with Crippen molar-refractivity contribution in [1.82, 2.24) is 13.9 Å². The fourth-order valence-corrected chi connectivity index (χ4v) is 4.60. The fraction of sp³-hybridized carbons (Fsp3) is 0.471. The van der Waals surface area contributed by atoms with Crippen LogP contribution in [-0.2, 0) is 16.6 Å². The number of hydrogen-bond donors (Lipinski definition) is 0. The molecule has 1 aliphatic heterocycles. The van der Waals surface area contributed by atoms with E-state index in [4.69, 9.17) is 0 Å². The molecule has 0 radical (unpaired) electrons. The molecule has 3 rings (SSSR count). The van der Waals surface area contributed by atoms with Crippen LogP contribution in [-0.4, -0.2) is 35.4 Å². The van der Waals surface area contributed by atoms with Gasteiger partial charge in [0.2, 0.25) is 10.0 Å². The summed E-state index contributed by atoms with van der Waals surface area (Å²) in [7, 11) is -3.37. The molecule has 124 valence electrons. The van der Waals surface area contributed by atoms with E-state index in [0.29, 0.717) is 23.9 Å². The van der Waals surface area contributed by atoms with E-state index in [9.17, 15) is 8.42 Å². The Labute approximate surface area is 138 Å². The number of aryl methyl sites for hydroxylation is 2. The molecule has 2 heterocycles. The molecule has 1 aromatic carbocycles. The largest absolute Gasteiger partial charge is 0.337 e. The molecular formula is C17H23N3O2S. The molecule has 0 bridgehead atoms. The Hall–Kier alpha value is -1.66. The van der Waals surface area contributed by atoms with E-state index in [1.165, 1.54) is 0 Å². The highest BCUT2D eigenvalue weighted by molar-refractivity contribution is 7.89. The topological polar surface area (TPSA) is 55.2 Å². The lowest BCUT2D eigenvalue weighted by atomic mass is 9.98. The molecular weight excluding hydrogens is 310 g/mol. The maximum atomic E-state index is 12.8. The Kier molecular flexibility index (Phi) is 4.55. The Bertz CT molecular complexity index is 761. The minimum absolute atomic E-state index is 0.411. The van der Waals surface area contributed by atoms with Crippen molar-refractivity contribution >= 4 is 10.0 Å². The van der Waals surface area contributed by atoms with Crippen molar-refractivity contribution in [3.8, 4) is 0 Å². The highest BCUT2D eigenvalue weighted by Crippen LogP contribution is 2.25. The highest BCUT2D eigenvalue weighted by Gasteiger charge is 2.29. The lowest BCUT2D eigenvalue weighted by Gasteiger charge is -2.31. The molecule has 5 nitrogen and oxygen atoms in total. The van der Waals surface area contributed by atoms with E-state index in [-0.39, 0.29) is 0 Å². The van der Waals surface area contributed by atoms with E-state index in [1.807, 2.05) is 32.4 Å². The van der Waals surface area contributed by atoms with Gasteiger partial charge in [0.05, 0.1) is 11.2 Å². The van der Waals surface area contributed by atoms with E-state index in [1.54, 1.807) is 22.6 Å². The van der Waals surface area contributed by atoms with E-state index in [2.05, 4.69) is 9.55 Å². The van der Waals surface area contributed by atoms with Gasteiger partial charge in [-0.1, -0.05) is 6.07 Å². The molecule has 23 heavy (non-hydrogen) atoms. The predicted molar refractivity (Wildman–Crippen MR) is 89.6 cm³/mol. The Morgan fingerprint density at radius 3 is 2.52 bits per heavy atom. The quantitative estimate of drug-likeness (QED) is 0.864. The standard InChI is InChI=1S/C17H23N3O2S/c1-14-3-4-17(11-15(14)2)23(21,22)20-8-5-16(6-9-20)12-19-10-7-18-13-19/h3-4,7,10-11,13,16H,5-6,8-9,12H2,1-2H3. The maximum Gasteiger partial charge on any atom is 0.243 e. The average molecular weight is 333 g/mol. The molecule has 0 saturated carbocycles. The third kappa shape index (κ3) is 3.48. The number of sulfonamides is 1. The summed E-state index contributed by atoms with van der Waals surface area (Å²) in [4.78, 5) is 4.46. The lowest BCUT2D eigenvalue weighted by Crippen LogP contribution is -2.39. The van der Waals surface area contributed by atoms with Gasteiger partial charge >= 0.3 is 0 Å². The molecule has 0 spiro atoms. The van der Waals surface area contributed by atoms with Crippen molar-refractivity contribution in [3.63, 3.8) is 0 Å². The summed E-state index contributed by atoms with van der Waals surface area (Å²) in [5.41, 5.74) is 2.13. The number of benzene rings is 1. The zero-order valence-corrected chi connectivity index (χ0v) is 14.5. The maximum absolute atomic E-state index is 12.8. The van der Waals surface area contributed by atoms with Crippen LogP contribution in [0.5, 0.6) is 0 Å². The lowest BCUT2D eigenvalue weighted by molar-refractivity contribution is 0.253. The Morgan fingerprint density at radius 2 is 1.91 bits per heavy atom. The number of nitrogens with zero attached hydrogens (tertiary/aromatic N) is 3. The zero-order valence-electron chi connectivity index (χ0n) is 13.6. The summed E-state index contributed by atoms with van der Waals surface area (Å²) in [6.07, 6.45) is 7.33. The van der Waals surface area contributed by atoms with Crippen molar-refractivity contribution in [1.29, 1.82) is 0 Å². The predicted octanol–water partition coefficient (Wildman–Crippen LogP) is 2.60. The molecule has 1 aliphatic rings. The van der Waals surface area contributed by atoms with Crippen LogP contribution in [0, 0.1) is 19.8 Å². The van der Waals surface area contributed by atoms with Crippen LogP contribution >= 0.6 is 0 Å². The van der Waals surface area contributed by atoms with Gasteiger partial charge in [0.1, 0.15) is 0 Å². The monoisotopic (exact) mass is 333 g/mol. The summed E-state index contributed by atoms with van der Waals surface area (Å²) < 4.78 is 29.3. The van der Waals surface area contributed by atoms with Crippen LogP contribution < -0.4 is 0 Å². The number of piperidine rings is 1. The molecule has 1 aromatic heterocycles. The smallest absolute Gasteiger partial charge is 0.243 e. The number of rotatable bonds is 4. The average Bonchev–Trinajstić information content (AvgIpc) is 3.03. The molecule has 6 heteroatoms. The second-order valence-corrected chi connectivity index (χ2v) is 8.29. The minimum Gasteiger partial charge on any atom is -0.337 e. The van der Waals surface area contributed by atoms with Crippen LogP contribution in [0.25, 0.3) is 0 Å². The molecule has 0 aliphatic carbocycles. The van der Waals surface area contributed by atoms with Crippen molar-refractivity contribution in [3.05, 3.63) is 48.0 Å². The number of aromatic nitrogens is 2. The molecule has 1 saturated heterocycles. The van der Waals surface area contributed by atoms with Gasteiger partial charge < -0.3 is 4.57 Å². The first-order chi connectivity index (χ1) is 11.0. The number of hydrogen-bond acceptors (Lipinski definition) is 3. The van der Waals surface area contributed by atoms with Crippen LogP contribution in [0.1, 0.15) is 24.0 Å². The van der Waals surface area contributed by atoms with E-state index < -0.39 is 10.0 Å². The summed E-state index contributed by atoms with van der Waals surface area (Å²) in [5.74, 6) is 0.510. The number of imidazole rings is 1. The molecule has 0 amide bonds. The van der Waals surface area contributed by atoms with Crippen molar-refractivity contribution in [2.45, 2.75) is 38.1 Å². The normalized spacial score (nSPS) is 17.5. The van der Waals surface area contributed by atoms with Crippen LogP contribution in [0.2, 0.25) is 0 Å². The zero-order chi connectivity index (χ0) is 16.4. The summed E-state index contributed by atoms with van der Waals surface area (Å²) >= 11 is 0. The first-order valence-corrected chi connectivity index (χ1v) is 9.44. The molecule has 1 fully saturated rings. The first kappa shape index (κ1) is 16.2. The molecule has 0 N–H and O–H groups in total. The first-order valence-electron chi connectivity index (χ1n) is 8.00. The SMILES string of the molecule is Cc1ccc(S(=O)(=O)N2CCC(Cn3ccnc3)CC2)cc1C. The molecule has 0 atom stereocenters. The third-order valence-electron chi connectivity index (χ3n) is 4.72. The van der Waals surface area contributed by atoms with Gasteiger partial charge in [0.25, 0.3) is 0 Å². The summed E-state index contributed by atoms with van der Waals surface area (Å²) in [5, 5.41) is 0. The van der Waals surface area contributed by atoms with Gasteiger partial charge in [-0.3, -0.25) is 0 Å². The second kappa shape index (κ2) is 6.45. The van der Waals surface area contributed by atoms with Crippen LogP contribution in [0.4, 0.5) is 0 Å². The van der Waals surface area contributed by atoms with Crippen molar-refractivity contribution in [2.24, 2.45) is 5.92 Å². The van der Waals surface area contributed by atoms with Gasteiger partial charge in [-0.05, 0) is 55.9 Å². The summed E-state index contributed by atoms with van der Waals surface area (Å²) in [6, 6.07) is 5.38. The summed E-state index contributed by atoms with van der Waals surface area (Å²) in [6.45, 7) is 6.04. The van der Waals surface area contributed by atoms with Gasteiger partial charge in [-0.25, -0.2) is 13.4 Å². The van der Waals surface area contributed by atoms with Gasteiger partial charge in [0.15, 0.2) is 0 Å². The van der Waals surface area contributed by atoms with E-state index in [0.717, 1.165) is 30.5 Å². The third-order valence-corrected chi connectivity index (χ3v) is 6.61. The van der Waals surface area contributed by atoms with Crippen LogP contribution in [0.3, 0.4) is 0 Å². The van der Waals surface area contributed by atoms with Gasteiger partial charge in [0, 0.05) is 32.0 Å².